The number of carboxylic acid groups (broad SMARTS) is 1. The van der Waals surface area contributed by atoms with Gasteiger partial charge in [0, 0.05) is 0 Å². The molecule has 0 saturated heterocycles. The molecule has 1 aliphatic rings. The van der Waals surface area contributed by atoms with E-state index in [0.717, 1.165) is 23.1 Å². The number of rotatable bonds is 8. The lowest BCUT2D eigenvalue weighted by molar-refractivity contribution is -0.147. The quantitative estimate of drug-likeness (QED) is 0.565. The van der Waals surface area contributed by atoms with Crippen LogP contribution in [-0.2, 0) is 23.4 Å². The monoisotopic (exact) mass is 388 g/mol. The number of hydrogen-bond donors (Lipinski definition) is 1. The molecule has 0 amide bonds. The summed E-state index contributed by atoms with van der Waals surface area (Å²) in [5, 5.41) is 9.79. The minimum Gasteiger partial charge on any atom is -0.485 e. The van der Waals surface area contributed by atoms with Gasteiger partial charge in [0.15, 0.2) is 11.5 Å². The highest BCUT2D eigenvalue weighted by Gasteiger charge is 2.46. The lowest BCUT2D eigenvalue weighted by Crippen LogP contribution is -2.42. The molecule has 1 N–H and O–H groups in total. The molecule has 148 valence electrons. The summed E-state index contributed by atoms with van der Waals surface area (Å²) < 4.78 is 12.1. The Morgan fingerprint density at radius 3 is 1.83 bits per heavy atom. The fraction of sp³-hybridized carbons (Fsp3) is 0.240. The first kappa shape index (κ1) is 19.1. The van der Waals surface area contributed by atoms with Crippen LogP contribution in [0.5, 0.6) is 11.5 Å². The van der Waals surface area contributed by atoms with Crippen LogP contribution in [0.25, 0.3) is 0 Å². The Morgan fingerprint density at radius 2 is 1.34 bits per heavy atom. The van der Waals surface area contributed by atoms with Crippen LogP contribution in [0.4, 0.5) is 0 Å². The third-order valence-corrected chi connectivity index (χ3v) is 5.59. The lowest BCUT2D eigenvalue weighted by Gasteiger charge is -2.38. The predicted octanol–water partition coefficient (Wildman–Crippen LogP) is 5.35. The van der Waals surface area contributed by atoms with E-state index in [1.165, 1.54) is 0 Å². The molecule has 0 radical (unpaired) electrons. The number of carbonyl (C=O) groups is 1. The Morgan fingerprint density at radius 1 is 0.793 bits per heavy atom. The topological polar surface area (TPSA) is 55.8 Å². The molecule has 4 rings (SSSR count). The summed E-state index contributed by atoms with van der Waals surface area (Å²) in [5.74, 6) is 0.430. The molecule has 1 aliphatic carbocycles. The van der Waals surface area contributed by atoms with Crippen LogP contribution >= 0.6 is 0 Å². The van der Waals surface area contributed by atoms with Gasteiger partial charge in [0.05, 0.1) is 5.41 Å². The summed E-state index contributed by atoms with van der Waals surface area (Å²) in [6, 6.07) is 25.4. The summed E-state index contributed by atoms with van der Waals surface area (Å²) in [6.07, 6.45) is 2.24. The molecule has 1 fully saturated rings. The fourth-order valence-electron chi connectivity index (χ4n) is 3.66. The van der Waals surface area contributed by atoms with E-state index in [1.54, 1.807) is 0 Å². The van der Waals surface area contributed by atoms with Crippen LogP contribution in [0.1, 0.15) is 36.0 Å². The first-order valence-corrected chi connectivity index (χ1v) is 9.89. The fourth-order valence-corrected chi connectivity index (χ4v) is 3.66. The van der Waals surface area contributed by atoms with E-state index >= 15 is 0 Å². The molecule has 1 saturated carbocycles. The van der Waals surface area contributed by atoms with Gasteiger partial charge in [-0.25, -0.2) is 0 Å². The van der Waals surface area contributed by atoms with E-state index in [0.29, 0.717) is 37.6 Å². The third-order valence-electron chi connectivity index (χ3n) is 5.59. The van der Waals surface area contributed by atoms with E-state index in [9.17, 15) is 9.90 Å². The molecule has 0 aromatic heterocycles. The van der Waals surface area contributed by atoms with Crippen molar-refractivity contribution in [3.05, 3.63) is 95.6 Å². The zero-order chi connectivity index (χ0) is 20.1. The highest BCUT2D eigenvalue weighted by Crippen LogP contribution is 2.46. The summed E-state index contributed by atoms with van der Waals surface area (Å²) in [5.41, 5.74) is 2.09. The van der Waals surface area contributed by atoms with Crippen molar-refractivity contribution in [1.29, 1.82) is 0 Å². The second kappa shape index (κ2) is 8.39. The molecule has 3 aromatic rings. The van der Waals surface area contributed by atoms with E-state index in [-0.39, 0.29) is 0 Å². The second-order valence-electron chi connectivity index (χ2n) is 7.45. The third kappa shape index (κ3) is 4.11. The van der Waals surface area contributed by atoms with Gasteiger partial charge in [-0.05, 0) is 41.7 Å². The Kier molecular flexibility index (Phi) is 5.52. The van der Waals surface area contributed by atoms with Crippen LogP contribution in [0.2, 0.25) is 0 Å². The summed E-state index contributed by atoms with van der Waals surface area (Å²) in [7, 11) is 0. The molecule has 0 aliphatic heterocycles. The molecule has 0 unspecified atom stereocenters. The first-order valence-electron chi connectivity index (χ1n) is 9.89. The standard InChI is InChI=1S/C25H24O4/c26-24(27)25(14-7-15-25)21-12-13-22(28-17-19-8-3-1-4-9-19)23(16-21)29-18-20-10-5-2-6-11-20/h1-6,8-13,16H,7,14-15,17-18H2,(H,26,27). The van der Waals surface area contributed by atoms with E-state index in [4.69, 9.17) is 9.47 Å². The number of benzene rings is 3. The van der Waals surface area contributed by atoms with Crippen molar-refractivity contribution in [2.45, 2.75) is 37.9 Å². The highest BCUT2D eigenvalue weighted by molar-refractivity contribution is 5.83. The molecule has 0 spiro atoms. The number of carboxylic acids is 1. The maximum Gasteiger partial charge on any atom is 0.314 e. The van der Waals surface area contributed by atoms with Crippen LogP contribution in [0.3, 0.4) is 0 Å². The second-order valence-corrected chi connectivity index (χ2v) is 7.45. The molecule has 0 atom stereocenters. The van der Waals surface area contributed by atoms with Gasteiger partial charge in [0.2, 0.25) is 0 Å². The summed E-state index contributed by atoms with van der Waals surface area (Å²) in [6.45, 7) is 0.817. The summed E-state index contributed by atoms with van der Waals surface area (Å²) >= 11 is 0. The van der Waals surface area contributed by atoms with E-state index in [1.807, 2.05) is 78.9 Å². The smallest absolute Gasteiger partial charge is 0.314 e. The predicted molar refractivity (Wildman–Crippen MR) is 111 cm³/mol. The minimum atomic E-state index is -0.803. The maximum atomic E-state index is 11.9. The van der Waals surface area contributed by atoms with Gasteiger partial charge in [0.25, 0.3) is 0 Å². The van der Waals surface area contributed by atoms with Crippen LogP contribution < -0.4 is 9.47 Å². The van der Waals surface area contributed by atoms with Crippen molar-refractivity contribution in [3.8, 4) is 11.5 Å². The molecule has 4 heteroatoms. The average Bonchev–Trinajstić information content (AvgIpc) is 2.72. The molecule has 0 heterocycles. The van der Waals surface area contributed by atoms with Crippen molar-refractivity contribution in [2.75, 3.05) is 0 Å². The van der Waals surface area contributed by atoms with Crippen molar-refractivity contribution in [3.63, 3.8) is 0 Å². The number of ether oxygens (including phenoxy) is 2. The van der Waals surface area contributed by atoms with Gasteiger partial charge < -0.3 is 14.6 Å². The molecule has 29 heavy (non-hydrogen) atoms. The Bertz CT molecular complexity index is 963. The highest BCUT2D eigenvalue weighted by atomic mass is 16.5. The van der Waals surface area contributed by atoms with E-state index < -0.39 is 11.4 Å². The van der Waals surface area contributed by atoms with Crippen LogP contribution in [0.15, 0.2) is 78.9 Å². The molecular formula is C25H24O4. The molecule has 0 bridgehead atoms. The zero-order valence-electron chi connectivity index (χ0n) is 16.2. The van der Waals surface area contributed by atoms with Crippen molar-refractivity contribution < 1.29 is 19.4 Å². The molecule has 4 nitrogen and oxygen atoms in total. The van der Waals surface area contributed by atoms with Crippen molar-refractivity contribution >= 4 is 5.97 Å². The van der Waals surface area contributed by atoms with Crippen molar-refractivity contribution in [2.24, 2.45) is 0 Å². The Balaban J connectivity index is 1.59. The normalized spacial score (nSPS) is 14.6. The van der Waals surface area contributed by atoms with Gasteiger partial charge in [-0.15, -0.1) is 0 Å². The van der Waals surface area contributed by atoms with Crippen LogP contribution in [-0.4, -0.2) is 11.1 Å². The maximum absolute atomic E-state index is 11.9. The Hall–Kier alpha value is -3.27. The largest absolute Gasteiger partial charge is 0.485 e. The first-order chi connectivity index (χ1) is 14.2. The number of hydrogen-bond acceptors (Lipinski definition) is 3. The Labute approximate surface area is 170 Å². The van der Waals surface area contributed by atoms with E-state index in [2.05, 4.69) is 0 Å². The SMILES string of the molecule is O=C(O)C1(c2ccc(OCc3ccccc3)c(OCc3ccccc3)c2)CCC1. The molecular weight excluding hydrogens is 364 g/mol. The lowest BCUT2D eigenvalue weighted by atomic mass is 9.64. The van der Waals surface area contributed by atoms with Crippen LogP contribution in [0, 0.1) is 0 Å². The average molecular weight is 388 g/mol. The van der Waals surface area contributed by atoms with Gasteiger partial charge >= 0.3 is 5.97 Å². The molecule has 3 aromatic carbocycles. The zero-order valence-corrected chi connectivity index (χ0v) is 16.2. The summed E-state index contributed by atoms with van der Waals surface area (Å²) in [4.78, 5) is 11.9. The van der Waals surface area contributed by atoms with Crippen molar-refractivity contribution in [1.82, 2.24) is 0 Å². The minimum absolute atomic E-state index is 0.395. The number of aliphatic carboxylic acids is 1. The van der Waals surface area contributed by atoms with Gasteiger partial charge in [-0.1, -0.05) is 73.2 Å². The van der Waals surface area contributed by atoms with Gasteiger partial charge in [-0.3, -0.25) is 4.79 Å². The van der Waals surface area contributed by atoms with Gasteiger partial charge in [0.1, 0.15) is 13.2 Å². The van der Waals surface area contributed by atoms with Gasteiger partial charge in [-0.2, -0.15) is 0 Å².